The van der Waals surface area contributed by atoms with Gasteiger partial charge in [0.25, 0.3) is 0 Å². The van der Waals surface area contributed by atoms with E-state index in [-0.39, 0.29) is 35.3 Å². The number of aryl methyl sites for hydroxylation is 1. The van der Waals surface area contributed by atoms with Crippen molar-refractivity contribution in [2.24, 2.45) is 0 Å². The van der Waals surface area contributed by atoms with E-state index in [9.17, 15) is 4.55 Å². The van der Waals surface area contributed by atoms with Gasteiger partial charge < -0.3 is 14.0 Å². The Balaban J connectivity index is 0.00000225. The number of pyridine rings is 1. The van der Waals surface area contributed by atoms with E-state index >= 15 is 0 Å². The van der Waals surface area contributed by atoms with Crippen LogP contribution in [0.1, 0.15) is 16.8 Å². The molecule has 25 heavy (non-hydrogen) atoms. The molecule has 2 heterocycles. The van der Waals surface area contributed by atoms with Gasteiger partial charge in [0.2, 0.25) is 0 Å². The molecule has 0 spiro atoms. The number of rotatable bonds is 5. The summed E-state index contributed by atoms with van der Waals surface area (Å²) in [5, 5.41) is 0.430. The molecule has 0 bridgehead atoms. The maximum atomic E-state index is 12.7. The van der Waals surface area contributed by atoms with Crippen LogP contribution in [0.2, 0.25) is 0 Å². The molecule has 1 N–H and O–H groups in total. The first kappa shape index (κ1) is 20.1. The fraction of sp³-hybridized carbons (Fsp3) is 0.294. The van der Waals surface area contributed by atoms with Crippen LogP contribution in [0.25, 0.3) is 11.0 Å². The van der Waals surface area contributed by atoms with E-state index in [4.69, 9.17) is 9.47 Å². The molecule has 0 saturated carbocycles. The first-order chi connectivity index (χ1) is 11.5. The molecule has 3 aromatic rings. The van der Waals surface area contributed by atoms with Gasteiger partial charge in [-0.2, -0.15) is 4.98 Å². The summed E-state index contributed by atoms with van der Waals surface area (Å²) in [4.78, 5) is 11.9. The molecule has 1 aromatic carbocycles. The molecule has 0 unspecified atom stereocenters. The van der Waals surface area contributed by atoms with Crippen LogP contribution in [0.3, 0.4) is 0 Å². The van der Waals surface area contributed by atoms with E-state index in [1.165, 1.54) is 0 Å². The zero-order valence-corrected chi connectivity index (χ0v) is 14.9. The van der Waals surface area contributed by atoms with Gasteiger partial charge in [-0.15, -0.1) is 0 Å². The molecule has 6 nitrogen and oxygen atoms in total. The Bertz CT molecular complexity index is 885. The first-order valence-electron chi connectivity index (χ1n) is 7.44. The van der Waals surface area contributed by atoms with Crippen LogP contribution in [0, 0.1) is 13.8 Å². The summed E-state index contributed by atoms with van der Waals surface area (Å²) in [6.07, 6.45) is 1.74. The number of nitrogens with zero attached hydrogens (tertiary/aromatic N) is 2. The molecule has 128 valence electrons. The van der Waals surface area contributed by atoms with Gasteiger partial charge in [0, 0.05) is 34.6 Å². The molecule has 0 aliphatic rings. The van der Waals surface area contributed by atoms with Crippen molar-refractivity contribution in [2.75, 3.05) is 14.2 Å². The van der Waals surface area contributed by atoms with E-state index in [2.05, 4.69) is 15.0 Å². The summed E-state index contributed by atoms with van der Waals surface area (Å²) in [7, 11) is 3.23. The fourth-order valence-electron chi connectivity index (χ4n) is 2.61. The summed E-state index contributed by atoms with van der Waals surface area (Å²) in [6, 6.07) is 5.51. The molecule has 0 radical (unpaired) electrons. The van der Waals surface area contributed by atoms with Gasteiger partial charge in [-0.1, -0.05) is 0 Å². The Morgan fingerprint density at radius 3 is 2.64 bits per heavy atom. The van der Waals surface area contributed by atoms with Crippen LogP contribution in [0.15, 0.2) is 29.6 Å². The Kier molecular flexibility index (Phi) is 6.76. The van der Waals surface area contributed by atoms with Gasteiger partial charge in [-0.05, 0) is 26.0 Å². The Morgan fingerprint density at radius 2 is 1.96 bits per heavy atom. The minimum absolute atomic E-state index is 0. The van der Waals surface area contributed by atoms with Gasteiger partial charge in [0.05, 0.1) is 30.9 Å². The van der Waals surface area contributed by atoms with Crippen LogP contribution in [0.4, 0.5) is 0 Å². The Morgan fingerprint density at radius 1 is 1.20 bits per heavy atom. The third-order valence-corrected chi connectivity index (χ3v) is 5.06. The van der Waals surface area contributed by atoms with Crippen LogP contribution in [-0.2, 0) is 16.9 Å². The molecule has 0 amide bonds. The first-order valence-corrected chi connectivity index (χ1v) is 8.76. The van der Waals surface area contributed by atoms with Gasteiger partial charge in [0.1, 0.15) is 11.5 Å². The number of hydrogen-bond donors (Lipinski definition) is 1. The van der Waals surface area contributed by atoms with Crippen molar-refractivity contribution in [3.8, 4) is 11.5 Å². The molecule has 0 saturated heterocycles. The van der Waals surface area contributed by atoms with Crippen molar-refractivity contribution in [1.82, 2.24) is 15.0 Å². The van der Waals surface area contributed by atoms with Crippen molar-refractivity contribution in [3.63, 3.8) is 0 Å². The van der Waals surface area contributed by atoms with E-state index < -0.39 is 11.2 Å². The van der Waals surface area contributed by atoms with Crippen LogP contribution >= 0.6 is 0 Å². The Labute approximate surface area is 171 Å². The number of H-pyrrole nitrogens is 1. The average Bonchev–Trinajstić information content (AvgIpc) is 3.01. The molecule has 1 atom stereocenters. The average molecular weight is 369 g/mol. The van der Waals surface area contributed by atoms with Crippen LogP contribution < -0.4 is 9.47 Å². The number of nitrogens with one attached hydrogen (secondary N) is 1. The third kappa shape index (κ3) is 4.12. The van der Waals surface area contributed by atoms with Crippen LogP contribution in [0.5, 0.6) is 11.5 Å². The zero-order valence-electron chi connectivity index (χ0n) is 14.0. The molecular weight excluding hydrogens is 349 g/mol. The topological polar surface area (TPSA) is 83.1 Å². The number of imidazole rings is 1. The molecule has 0 aliphatic heterocycles. The predicted molar refractivity (Wildman–Crippen MR) is 100 cm³/mol. The molecule has 0 fully saturated rings. The van der Waals surface area contributed by atoms with E-state index in [0.29, 0.717) is 10.9 Å². The molecular formula is C17H20N3NaO3S. The summed E-state index contributed by atoms with van der Waals surface area (Å²) in [6.45, 7) is 3.86. The minimum atomic E-state index is -1.33. The second-order valence-corrected chi connectivity index (χ2v) is 6.83. The SMILES string of the molecule is COc1ccc2[nH]c([S@+]([O-])Cc3ncc(C)c(OC)c3C)nc2c1.[NaH]. The number of aromatic nitrogens is 3. The Hall–Kier alpha value is -1.25. The molecule has 2 aromatic heterocycles. The summed E-state index contributed by atoms with van der Waals surface area (Å²) in [5.74, 6) is 1.78. The molecule has 3 rings (SSSR count). The van der Waals surface area contributed by atoms with Crippen molar-refractivity contribution >= 4 is 51.8 Å². The monoisotopic (exact) mass is 369 g/mol. The summed E-state index contributed by atoms with van der Waals surface area (Å²) < 4.78 is 23.3. The summed E-state index contributed by atoms with van der Waals surface area (Å²) >= 11 is -1.33. The number of aromatic amines is 1. The van der Waals surface area contributed by atoms with E-state index in [1.807, 2.05) is 32.0 Å². The number of ether oxygens (including phenoxy) is 2. The van der Waals surface area contributed by atoms with Crippen molar-refractivity contribution in [1.29, 1.82) is 0 Å². The van der Waals surface area contributed by atoms with Crippen LogP contribution in [-0.4, -0.2) is 63.3 Å². The quantitative estimate of drug-likeness (QED) is 0.551. The maximum absolute atomic E-state index is 12.7. The predicted octanol–water partition coefficient (Wildman–Crippen LogP) is 2.25. The fourth-order valence-corrected chi connectivity index (χ4v) is 3.71. The third-order valence-electron chi connectivity index (χ3n) is 3.90. The van der Waals surface area contributed by atoms with E-state index in [0.717, 1.165) is 33.6 Å². The van der Waals surface area contributed by atoms with Crippen molar-refractivity contribution in [2.45, 2.75) is 24.8 Å². The molecule has 0 aliphatic carbocycles. The zero-order chi connectivity index (χ0) is 17.3. The van der Waals surface area contributed by atoms with Gasteiger partial charge in [-0.25, -0.2) is 0 Å². The molecule has 8 heteroatoms. The van der Waals surface area contributed by atoms with E-state index in [1.54, 1.807) is 20.4 Å². The second kappa shape index (κ2) is 8.42. The van der Waals surface area contributed by atoms with Crippen molar-refractivity contribution in [3.05, 3.63) is 41.2 Å². The summed E-state index contributed by atoms with van der Waals surface area (Å²) in [5.41, 5.74) is 4.16. The standard InChI is InChI=1S/C17H19N3O3S.Na.H/c1-10-8-18-15(11(2)16(10)23-4)9-24(21)17-19-13-6-5-12(22-3)7-14(13)20-17;;/h5-8H,9H2,1-4H3,(H,19,20);;/t24-;;/m1../s1. The van der Waals surface area contributed by atoms with Crippen molar-refractivity contribution < 1.29 is 14.0 Å². The second-order valence-electron chi connectivity index (χ2n) is 5.46. The number of methoxy groups -OCH3 is 2. The van der Waals surface area contributed by atoms with Gasteiger partial charge in [0.15, 0.2) is 5.75 Å². The number of hydrogen-bond acceptors (Lipinski definition) is 5. The normalized spacial score (nSPS) is 11.9. The van der Waals surface area contributed by atoms with Gasteiger partial charge >= 0.3 is 34.7 Å². The van der Waals surface area contributed by atoms with Gasteiger partial charge in [-0.3, -0.25) is 9.97 Å². The number of fused-ring (bicyclic) bond motifs is 1. The number of benzene rings is 1.